The highest BCUT2D eigenvalue weighted by Gasteiger charge is 2.35. The van der Waals surface area contributed by atoms with E-state index >= 15 is 0 Å². The first kappa shape index (κ1) is 28.4. The van der Waals surface area contributed by atoms with Crippen LogP contribution in [0.3, 0.4) is 0 Å². The Kier molecular flexibility index (Phi) is 16.4. The second-order valence-electron chi connectivity index (χ2n) is 10.9. The van der Waals surface area contributed by atoms with E-state index in [1.165, 1.54) is 134 Å². The van der Waals surface area contributed by atoms with E-state index in [1.54, 1.807) is 5.57 Å². The molecule has 182 valence electrons. The van der Waals surface area contributed by atoms with Crippen molar-refractivity contribution in [2.45, 2.75) is 169 Å². The lowest BCUT2D eigenvalue weighted by Gasteiger charge is -2.36. The van der Waals surface area contributed by atoms with Gasteiger partial charge in [-0.25, -0.2) is 0 Å². The first-order chi connectivity index (χ1) is 15.1. The Labute approximate surface area is 196 Å². The molecule has 0 spiro atoms. The molecule has 1 nitrogen and oxygen atoms in total. The molecule has 1 aliphatic rings. The molecule has 0 aromatic rings. The van der Waals surface area contributed by atoms with Gasteiger partial charge in [0.25, 0.3) is 0 Å². The number of carbonyl (C=O) groups is 1. The molecule has 0 aliphatic heterocycles. The summed E-state index contributed by atoms with van der Waals surface area (Å²) in [4.78, 5) is 13.2. The predicted octanol–water partition coefficient (Wildman–Crippen LogP) is 10.5. The molecule has 0 N–H and O–H groups in total. The summed E-state index contributed by atoms with van der Waals surface area (Å²) in [6.45, 7) is 9.26. The molecule has 0 fully saturated rings. The predicted molar refractivity (Wildman–Crippen MR) is 139 cm³/mol. The number of Topliss-reactive ketones (excluding diaryl/α,β-unsaturated/α-hetero) is 1. The minimum absolute atomic E-state index is 0.227. The maximum atomic E-state index is 13.2. The summed E-state index contributed by atoms with van der Waals surface area (Å²) >= 11 is 0. The fourth-order valence-electron chi connectivity index (χ4n) is 5.46. The summed E-state index contributed by atoms with van der Waals surface area (Å²) in [5.41, 5.74) is 3.06. The molecular weight excluding hydrogens is 376 g/mol. The third kappa shape index (κ3) is 12.9. The maximum Gasteiger partial charge on any atom is 0.159 e. The van der Waals surface area contributed by atoms with Crippen molar-refractivity contribution in [1.29, 1.82) is 0 Å². The topological polar surface area (TPSA) is 17.1 Å². The molecule has 0 saturated heterocycles. The standard InChI is InChI=1S/C30H56O/c1-5-8-11-14-17-19-22-27-25-30(4,24-21-18-15-12-9-6-2)26-29(31)28(27)23-20-16-13-10-7-3/h5-26H2,1-4H3. The zero-order valence-electron chi connectivity index (χ0n) is 22.0. The van der Waals surface area contributed by atoms with Gasteiger partial charge in [-0.15, -0.1) is 0 Å². The molecule has 0 bridgehead atoms. The van der Waals surface area contributed by atoms with Gasteiger partial charge < -0.3 is 0 Å². The van der Waals surface area contributed by atoms with Crippen LogP contribution in [-0.4, -0.2) is 5.78 Å². The van der Waals surface area contributed by atoms with E-state index in [-0.39, 0.29) is 5.41 Å². The molecule has 1 aliphatic carbocycles. The molecule has 0 heterocycles. The molecule has 0 aromatic carbocycles. The molecule has 1 unspecified atom stereocenters. The second kappa shape index (κ2) is 17.9. The number of rotatable bonds is 20. The van der Waals surface area contributed by atoms with Crippen molar-refractivity contribution in [3.63, 3.8) is 0 Å². The Bertz CT molecular complexity index is 489. The SMILES string of the molecule is CCCCCCCCC1=C(CCCCCCC)C(=O)CC(C)(CCCCCCCC)C1. The van der Waals surface area contributed by atoms with Crippen molar-refractivity contribution >= 4 is 5.78 Å². The number of hydrogen-bond donors (Lipinski definition) is 0. The highest BCUT2D eigenvalue weighted by Crippen LogP contribution is 2.44. The van der Waals surface area contributed by atoms with Crippen LogP contribution in [-0.2, 0) is 4.79 Å². The third-order valence-electron chi connectivity index (χ3n) is 7.49. The third-order valence-corrected chi connectivity index (χ3v) is 7.49. The van der Waals surface area contributed by atoms with Crippen molar-refractivity contribution in [2.75, 3.05) is 0 Å². The number of carbonyl (C=O) groups excluding carboxylic acids is 1. The summed E-state index contributed by atoms with van der Waals surface area (Å²) in [5, 5.41) is 0. The summed E-state index contributed by atoms with van der Waals surface area (Å²) in [6.07, 6.45) is 28.2. The van der Waals surface area contributed by atoms with E-state index < -0.39 is 0 Å². The zero-order chi connectivity index (χ0) is 22.8. The number of ketones is 1. The highest BCUT2D eigenvalue weighted by molar-refractivity contribution is 5.97. The Morgan fingerprint density at radius 2 is 1.03 bits per heavy atom. The van der Waals surface area contributed by atoms with Gasteiger partial charge in [-0.2, -0.15) is 0 Å². The summed E-state index contributed by atoms with van der Waals surface area (Å²) in [6, 6.07) is 0. The minimum atomic E-state index is 0.227. The average molecular weight is 433 g/mol. The Balaban J connectivity index is 2.61. The molecule has 1 rings (SSSR count). The van der Waals surface area contributed by atoms with Gasteiger partial charge in [0.05, 0.1) is 0 Å². The summed E-state index contributed by atoms with van der Waals surface area (Å²) in [7, 11) is 0. The van der Waals surface area contributed by atoms with E-state index in [2.05, 4.69) is 27.7 Å². The van der Waals surface area contributed by atoms with Crippen LogP contribution in [0.4, 0.5) is 0 Å². The first-order valence-electron chi connectivity index (χ1n) is 14.3. The van der Waals surface area contributed by atoms with Gasteiger partial charge in [-0.3, -0.25) is 4.79 Å². The van der Waals surface area contributed by atoms with Crippen LogP contribution in [0.15, 0.2) is 11.1 Å². The van der Waals surface area contributed by atoms with E-state index in [1.807, 2.05) is 0 Å². The molecule has 0 aromatic heterocycles. The van der Waals surface area contributed by atoms with Crippen molar-refractivity contribution in [1.82, 2.24) is 0 Å². The van der Waals surface area contributed by atoms with Gasteiger partial charge >= 0.3 is 0 Å². The number of unbranched alkanes of at least 4 members (excludes halogenated alkanes) is 14. The van der Waals surface area contributed by atoms with Crippen molar-refractivity contribution in [3.05, 3.63) is 11.1 Å². The quantitative estimate of drug-likeness (QED) is 0.175. The van der Waals surface area contributed by atoms with Crippen LogP contribution in [0, 0.1) is 5.41 Å². The van der Waals surface area contributed by atoms with Gasteiger partial charge in [0.2, 0.25) is 0 Å². The number of hydrogen-bond acceptors (Lipinski definition) is 1. The van der Waals surface area contributed by atoms with Crippen LogP contribution >= 0.6 is 0 Å². The van der Waals surface area contributed by atoms with Crippen molar-refractivity contribution in [3.8, 4) is 0 Å². The highest BCUT2D eigenvalue weighted by atomic mass is 16.1. The Morgan fingerprint density at radius 1 is 0.581 bits per heavy atom. The van der Waals surface area contributed by atoms with Crippen LogP contribution in [0.5, 0.6) is 0 Å². The largest absolute Gasteiger partial charge is 0.295 e. The Hall–Kier alpha value is -0.590. The smallest absolute Gasteiger partial charge is 0.159 e. The van der Waals surface area contributed by atoms with Gasteiger partial charge in [0, 0.05) is 6.42 Å². The normalized spacial score (nSPS) is 19.4. The van der Waals surface area contributed by atoms with E-state index in [0.29, 0.717) is 5.78 Å². The lowest BCUT2D eigenvalue weighted by molar-refractivity contribution is -0.118. The molecule has 1 heteroatoms. The molecule has 0 saturated carbocycles. The van der Waals surface area contributed by atoms with E-state index in [0.717, 1.165) is 12.8 Å². The lowest BCUT2D eigenvalue weighted by Crippen LogP contribution is -2.28. The van der Waals surface area contributed by atoms with Crippen LogP contribution in [0.2, 0.25) is 0 Å². The van der Waals surface area contributed by atoms with Gasteiger partial charge in [-0.05, 0) is 49.5 Å². The minimum Gasteiger partial charge on any atom is -0.295 e. The summed E-state index contributed by atoms with van der Waals surface area (Å²) in [5.74, 6) is 0.510. The molecular formula is C30H56O. The summed E-state index contributed by atoms with van der Waals surface area (Å²) < 4.78 is 0. The second-order valence-corrected chi connectivity index (χ2v) is 10.9. The fourth-order valence-corrected chi connectivity index (χ4v) is 5.46. The van der Waals surface area contributed by atoms with Crippen LogP contribution in [0.25, 0.3) is 0 Å². The molecule has 1 atom stereocenters. The van der Waals surface area contributed by atoms with E-state index in [9.17, 15) is 4.79 Å². The monoisotopic (exact) mass is 432 g/mol. The molecule has 0 radical (unpaired) electrons. The van der Waals surface area contributed by atoms with E-state index in [4.69, 9.17) is 0 Å². The molecule has 0 amide bonds. The molecule has 31 heavy (non-hydrogen) atoms. The van der Waals surface area contributed by atoms with Gasteiger partial charge in [0.15, 0.2) is 5.78 Å². The lowest BCUT2D eigenvalue weighted by atomic mass is 9.68. The Morgan fingerprint density at radius 3 is 1.58 bits per heavy atom. The average Bonchev–Trinajstić information content (AvgIpc) is 2.74. The van der Waals surface area contributed by atoms with Crippen molar-refractivity contribution < 1.29 is 4.79 Å². The first-order valence-corrected chi connectivity index (χ1v) is 14.3. The van der Waals surface area contributed by atoms with Crippen molar-refractivity contribution in [2.24, 2.45) is 5.41 Å². The van der Waals surface area contributed by atoms with Gasteiger partial charge in [-0.1, -0.05) is 130 Å². The van der Waals surface area contributed by atoms with Gasteiger partial charge in [0.1, 0.15) is 0 Å². The number of allylic oxidation sites excluding steroid dienone is 2. The zero-order valence-corrected chi connectivity index (χ0v) is 22.0. The fraction of sp³-hybridized carbons (Fsp3) is 0.900. The van der Waals surface area contributed by atoms with Crippen LogP contribution in [0.1, 0.15) is 169 Å². The maximum absolute atomic E-state index is 13.2. The van der Waals surface area contributed by atoms with Crippen LogP contribution < -0.4 is 0 Å².